The first-order chi connectivity index (χ1) is 16.8. The summed E-state index contributed by atoms with van der Waals surface area (Å²) in [4.78, 5) is 0. The summed E-state index contributed by atoms with van der Waals surface area (Å²) < 4.78 is 25.8. The van der Waals surface area contributed by atoms with E-state index in [4.69, 9.17) is 18.9 Å². The van der Waals surface area contributed by atoms with Crippen molar-refractivity contribution in [3.8, 4) is 0 Å². The third-order valence-electron chi connectivity index (χ3n) is 8.03. The number of rotatable bonds is 4. The molecule has 0 aromatic heterocycles. The standard InChI is InChI=1S/C28H48O5S2/c1-19(2)7-5-8-21-13-22-10-9-20(3)26(32-22)15-23(30-4)14-24-17-28(34-11-6-12-35-28)18-25(31-24)16-27(29)33-21/h5,8,19-27,29H,6-7,9-18H2,1-4H3/b8-5+/t20-,21-,22-,23-,24+,25-,26+,27+/m0/s1. The van der Waals surface area contributed by atoms with Gasteiger partial charge >= 0.3 is 0 Å². The van der Waals surface area contributed by atoms with E-state index in [0.717, 1.165) is 51.4 Å². The monoisotopic (exact) mass is 528 g/mol. The zero-order valence-corrected chi connectivity index (χ0v) is 23.9. The molecule has 0 radical (unpaired) electrons. The van der Waals surface area contributed by atoms with E-state index in [-0.39, 0.29) is 40.7 Å². The van der Waals surface area contributed by atoms with Crippen LogP contribution in [0.15, 0.2) is 12.2 Å². The van der Waals surface area contributed by atoms with Crippen LogP contribution in [0, 0.1) is 11.8 Å². The maximum atomic E-state index is 11.0. The van der Waals surface area contributed by atoms with Gasteiger partial charge in [-0.15, -0.1) is 23.5 Å². The molecule has 1 spiro atoms. The highest BCUT2D eigenvalue weighted by atomic mass is 32.2. The van der Waals surface area contributed by atoms with E-state index < -0.39 is 6.29 Å². The zero-order valence-electron chi connectivity index (χ0n) is 22.2. The molecule has 0 saturated carbocycles. The molecular formula is C28H48O5S2. The number of hydrogen-bond donors (Lipinski definition) is 1. The van der Waals surface area contributed by atoms with Crippen molar-refractivity contribution in [2.45, 2.75) is 132 Å². The van der Waals surface area contributed by atoms with Crippen LogP contribution in [0.3, 0.4) is 0 Å². The van der Waals surface area contributed by atoms with Crippen LogP contribution in [-0.4, -0.2) is 70.7 Å². The minimum atomic E-state index is -0.831. The molecule has 7 heteroatoms. The average Bonchev–Trinajstić information content (AvgIpc) is 2.80. The Morgan fingerprint density at radius 2 is 1.71 bits per heavy atom. The Morgan fingerprint density at radius 3 is 2.43 bits per heavy atom. The molecule has 4 aliphatic heterocycles. The minimum Gasteiger partial charge on any atom is -0.381 e. The molecule has 0 amide bonds. The molecular weight excluding hydrogens is 480 g/mol. The maximum Gasteiger partial charge on any atom is 0.157 e. The summed E-state index contributed by atoms with van der Waals surface area (Å²) in [6.07, 6.45) is 13.7. The van der Waals surface area contributed by atoms with Crippen LogP contribution >= 0.6 is 23.5 Å². The second kappa shape index (κ2) is 13.3. The molecule has 0 aliphatic carbocycles. The van der Waals surface area contributed by atoms with Crippen LogP contribution in [0.25, 0.3) is 0 Å². The zero-order chi connectivity index (χ0) is 24.8. The van der Waals surface area contributed by atoms with Crippen LogP contribution in [0.5, 0.6) is 0 Å². The van der Waals surface area contributed by atoms with Gasteiger partial charge in [-0.25, -0.2) is 0 Å². The third kappa shape index (κ3) is 8.36. The molecule has 0 aromatic rings. The molecule has 4 aliphatic rings. The van der Waals surface area contributed by atoms with Gasteiger partial charge < -0.3 is 24.1 Å². The Kier molecular flexibility index (Phi) is 10.8. The molecule has 4 bridgehead atoms. The number of fused-ring (bicyclic) bond motifs is 4. The van der Waals surface area contributed by atoms with Crippen molar-refractivity contribution in [3.05, 3.63) is 12.2 Å². The van der Waals surface area contributed by atoms with E-state index in [0.29, 0.717) is 18.3 Å². The van der Waals surface area contributed by atoms with Crippen molar-refractivity contribution in [2.75, 3.05) is 18.6 Å². The first kappa shape index (κ1) is 28.3. The number of thioether (sulfide) groups is 2. The van der Waals surface area contributed by atoms with Crippen LogP contribution in [0.2, 0.25) is 0 Å². The highest BCUT2D eigenvalue weighted by Gasteiger charge is 2.45. The number of aliphatic hydroxyl groups is 1. The highest BCUT2D eigenvalue weighted by Crippen LogP contribution is 2.52. The lowest BCUT2D eigenvalue weighted by atomic mass is 9.87. The second-order valence-corrected chi connectivity index (χ2v) is 14.8. The predicted octanol–water partition coefficient (Wildman–Crippen LogP) is 6.18. The Morgan fingerprint density at radius 1 is 0.971 bits per heavy atom. The van der Waals surface area contributed by atoms with Gasteiger partial charge in [0.2, 0.25) is 0 Å². The van der Waals surface area contributed by atoms with Gasteiger partial charge in [0, 0.05) is 26.4 Å². The van der Waals surface area contributed by atoms with E-state index in [1.807, 2.05) is 7.11 Å². The predicted molar refractivity (Wildman–Crippen MR) is 146 cm³/mol. The molecule has 8 atom stereocenters. The summed E-state index contributed by atoms with van der Waals surface area (Å²) >= 11 is 4.22. The van der Waals surface area contributed by atoms with Gasteiger partial charge in [0.05, 0.1) is 40.7 Å². The van der Waals surface area contributed by atoms with Gasteiger partial charge in [0.15, 0.2) is 6.29 Å². The summed E-state index contributed by atoms with van der Waals surface area (Å²) in [5.74, 6) is 3.56. The first-order valence-electron chi connectivity index (χ1n) is 14.0. The Hall–Kier alpha value is 0.240. The third-order valence-corrected chi connectivity index (χ3v) is 11.4. The van der Waals surface area contributed by atoms with Gasteiger partial charge in [0.25, 0.3) is 0 Å². The van der Waals surface area contributed by atoms with Crippen molar-refractivity contribution >= 4 is 23.5 Å². The van der Waals surface area contributed by atoms with E-state index in [1.54, 1.807) is 0 Å². The molecule has 4 fully saturated rings. The molecule has 202 valence electrons. The van der Waals surface area contributed by atoms with E-state index in [9.17, 15) is 5.11 Å². The van der Waals surface area contributed by atoms with E-state index in [1.165, 1.54) is 17.9 Å². The van der Waals surface area contributed by atoms with Gasteiger partial charge in [-0.05, 0) is 68.3 Å². The summed E-state index contributed by atoms with van der Waals surface area (Å²) in [6.45, 7) is 6.77. The molecule has 0 unspecified atom stereocenters. The van der Waals surface area contributed by atoms with E-state index in [2.05, 4.69) is 56.4 Å². The summed E-state index contributed by atoms with van der Waals surface area (Å²) in [6, 6.07) is 0. The Bertz CT molecular complexity index is 668. The molecule has 1 N–H and O–H groups in total. The number of methoxy groups -OCH3 is 1. The van der Waals surface area contributed by atoms with Crippen molar-refractivity contribution < 1.29 is 24.1 Å². The lowest BCUT2D eigenvalue weighted by molar-refractivity contribution is -0.180. The molecule has 35 heavy (non-hydrogen) atoms. The fourth-order valence-corrected chi connectivity index (χ4v) is 9.64. The quantitative estimate of drug-likeness (QED) is 0.437. The molecule has 4 saturated heterocycles. The smallest absolute Gasteiger partial charge is 0.157 e. The molecule has 4 rings (SSSR count). The van der Waals surface area contributed by atoms with Crippen LogP contribution in [0.4, 0.5) is 0 Å². The molecule has 5 nitrogen and oxygen atoms in total. The average molecular weight is 529 g/mol. The van der Waals surface area contributed by atoms with Gasteiger partial charge in [-0.3, -0.25) is 0 Å². The lowest BCUT2D eigenvalue weighted by Gasteiger charge is -2.47. The SMILES string of the molecule is CO[C@H]1C[C@@H]2CC3(C[C@H](C[C@H](O)O[C@@H](/C=C/CC(C)C)C[C@@H]4CC[C@H](C)[C@@H](C1)O4)O2)SCCCS3. The first-order valence-corrected chi connectivity index (χ1v) is 15.9. The summed E-state index contributed by atoms with van der Waals surface area (Å²) in [5.41, 5.74) is 0. The highest BCUT2D eigenvalue weighted by molar-refractivity contribution is 8.18. The fourth-order valence-electron chi connectivity index (χ4n) is 6.09. The topological polar surface area (TPSA) is 57.2 Å². The van der Waals surface area contributed by atoms with Crippen molar-refractivity contribution in [1.29, 1.82) is 0 Å². The largest absolute Gasteiger partial charge is 0.381 e. The van der Waals surface area contributed by atoms with Crippen LogP contribution in [0.1, 0.15) is 85.0 Å². The van der Waals surface area contributed by atoms with E-state index >= 15 is 0 Å². The minimum absolute atomic E-state index is 0.0114. The molecule has 0 aromatic carbocycles. The van der Waals surface area contributed by atoms with Gasteiger partial charge in [-0.2, -0.15) is 0 Å². The van der Waals surface area contributed by atoms with Crippen molar-refractivity contribution in [2.24, 2.45) is 11.8 Å². The fraction of sp³-hybridized carbons (Fsp3) is 0.929. The van der Waals surface area contributed by atoms with Gasteiger partial charge in [0.1, 0.15) is 0 Å². The van der Waals surface area contributed by atoms with Crippen LogP contribution in [-0.2, 0) is 18.9 Å². The van der Waals surface area contributed by atoms with Crippen molar-refractivity contribution in [3.63, 3.8) is 0 Å². The van der Waals surface area contributed by atoms with Crippen molar-refractivity contribution in [1.82, 2.24) is 0 Å². The normalized spacial score (nSPS) is 41.2. The lowest BCUT2D eigenvalue weighted by Crippen LogP contribution is -2.46. The van der Waals surface area contributed by atoms with Crippen LogP contribution < -0.4 is 0 Å². The maximum absolute atomic E-state index is 11.0. The Balaban J connectivity index is 1.54. The number of hydrogen-bond acceptors (Lipinski definition) is 7. The second-order valence-electron chi connectivity index (χ2n) is 11.6. The van der Waals surface area contributed by atoms with Gasteiger partial charge in [-0.1, -0.05) is 32.9 Å². The molecule has 4 heterocycles. The number of ether oxygens (including phenoxy) is 4. The number of allylic oxidation sites excluding steroid dienone is 1. The summed E-state index contributed by atoms with van der Waals surface area (Å²) in [5, 5.41) is 11.0. The summed E-state index contributed by atoms with van der Waals surface area (Å²) in [7, 11) is 1.84. The Labute approximate surface area is 221 Å². The number of aliphatic hydroxyl groups excluding tert-OH is 1.